The van der Waals surface area contributed by atoms with Gasteiger partial charge in [0.1, 0.15) is 0 Å². The van der Waals surface area contributed by atoms with Gasteiger partial charge in [0.2, 0.25) is 0 Å². The smallest absolute Gasteiger partial charge is 0.0487 e. The predicted octanol–water partition coefficient (Wildman–Crippen LogP) is 4.13. The molecule has 4 heteroatoms. The van der Waals surface area contributed by atoms with E-state index in [1.54, 1.807) is 0 Å². The number of hydrogen-bond donors (Lipinski definition) is 2. The van der Waals surface area contributed by atoms with Crippen molar-refractivity contribution in [3.8, 4) is 0 Å². The standard InChI is InChI=1S/C24H28N4/c1-3-7-22(8-4-1)20-27-15-17-28(18-16-27)24-13-11-21(12-14-24)19-25-26-23-9-5-2-6-10-23/h1-14,25-26H,15-20H2. The molecule has 144 valence electrons. The van der Waals surface area contributed by atoms with Crippen LogP contribution in [-0.2, 0) is 13.1 Å². The molecule has 0 bridgehead atoms. The molecule has 4 nitrogen and oxygen atoms in total. The molecule has 1 heterocycles. The van der Waals surface area contributed by atoms with Crippen LogP contribution in [0.5, 0.6) is 0 Å². The van der Waals surface area contributed by atoms with Gasteiger partial charge >= 0.3 is 0 Å². The van der Waals surface area contributed by atoms with Gasteiger partial charge in [-0.25, -0.2) is 5.43 Å². The fourth-order valence-electron chi connectivity index (χ4n) is 3.60. The molecule has 3 aromatic carbocycles. The second-order valence-corrected chi connectivity index (χ2v) is 7.26. The largest absolute Gasteiger partial charge is 0.369 e. The van der Waals surface area contributed by atoms with Gasteiger partial charge in [0.25, 0.3) is 0 Å². The summed E-state index contributed by atoms with van der Waals surface area (Å²) in [6, 6.07) is 29.8. The third-order valence-electron chi connectivity index (χ3n) is 5.22. The zero-order chi connectivity index (χ0) is 19.0. The number of hydrogen-bond acceptors (Lipinski definition) is 4. The minimum atomic E-state index is 0.792. The van der Waals surface area contributed by atoms with E-state index in [0.717, 1.165) is 45.0 Å². The lowest BCUT2D eigenvalue weighted by molar-refractivity contribution is 0.250. The zero-order valence-corrected chi connectivity index (χ0v) is 16.2. The second kappa shape index (κ2) is 9.40. The molecule has 0 spiro atoms. The van der Waals surface area contributed by atoms with E-state index in [2.05, 4.69) is 75.2 Å². The molecular formula is C24H28N4. The van der Waals surface area contributed by atoms with Crippen molar-refractivity contribution >= 4 is 11.4 Å². The van der Waals surface area contributed by atoms with Gasteiger partial charge in [-0.1, -0.05) is 60.7 Å². The molecule has 0 unspecified atom stereocenters. The molecule has 2 N–H and O–H groups in total. The van der Waals surface area contributed by atoms with Gasteiger partial charge in [-0.15, -0.1) is 0 Å². The fourth-order valence-corrected chi connectivity index (χ4v) is 3.60. The SMILES string of the molecule is c1ccc(CN2CCN(c3ccc(CNNc4ccccc4)cc3)CC2)cc1. The number of benzene rings is 3. The summed E-state index contributed by atoms with van der Waals surface area (Å²) in [6.45, 7) is 6.23. The van der Waals surface area contributed by atoms with Crippen LogP contribution in [0.15, 0.2) is 84.9 Å². The van der Waals surface area contributed by atoms with E-state index in [9.17, 15) is 0 Å². The van der Waals surface area contributed by atoms with Crippen LogP contribution in [0.3, 0.4) is 0 Å². The van der Waals surface area contributed by atoms with Gasteiger partial charge in [0, 0.05) is 50.6 Å². The number of rotatable bonds is 7. The van der Waals surface area contributed by atoms with Gasteiger partial charge in [0.05, 0.1) is 0 Å². The zero-order valence-electron chi connectivity index (χ0n) is 16.2. The fraction of sp³-hybridized carbons (Fsp3) is 0.250. The summed E-state index contributed by atoms with van der Waals surface area (Å²) in [5.41, 5.74) is 11.6. The summed E-state index contributed by atoms with van der Waals surface area (Å²) in [5.74, 6) is 0. The van der Waals surface area contributed by atoms with Crippen molar-refractivity contribution in [2.75, 3.05) is 36.5 Å². The van der Waals surface area contributed by atoms with E-state index >= 15 is 0 Å². The highest BCUT2D eigenvalue weighted by Gasteiger charge is 2.17. The third kappa shape index (κ3) is 5.12. The Morgan fingerprint density at radius 1 is 0.643 bits per heavy atom. The third-order valence-corrected chi connectivity index (χ3v) is 5.22. The maximum atomic E-state index is 3.28. The van der Waals surface area contributed by atoms with Crippen LogP contribution >= 0.6 is 0 Å². The minimum Gasteiger partial charge on any atom is -0.369 e. The second-order valence-electron chi connectivity index (χ2n) is 7.26. The Bertz CT molecular complexity index is 825. The van der Waals surface area contributed by atoms with Crippen LogP contribution in [-0.4, -0.2) is 31.1 Å². The summed E-state index contributed by atoms with van der Waals surface area (Å²) < 4.78 is 0. The number of anilines is 2. The number of piperazine rings is 1. The summed E-state index contributed by atoms with van der Waals surface area (Å²) in [5, 5.41) is 0. The maximum Gasteiger partial charge on any atom is 0.0487 e. The number of nitrogens with zero attached hydrogens (tertiary/aromatic N) is 2. The van der Waals surface area contributed by atoms with Crippen molar-refractivity contribution < 1.29 is 0 Å². The van der Waals surface area contributed by atoms with Crippen LogP contribution in [0.4, 0.5) is 11.4 Å². The van der Waals surface area contributed by atoms with Crippen LogP contribution in [0.1, 0.15) is 11.1 Å². The van der Waals surface area contributed by atoms with Crippen LogP contribution in [0, 0.1) is 0 Å². The molecule has 0 radical (unpaired) electrons. The van der Waals surface area contributed by atoms with Crippen molar-refractivity contribution in [1.82, 2.24) is 10.3 Å². The first-order chi connectivity index (χ1) is 13.9. The Morgan fingerprint density at radius 3 is 1.96 bits per heavy atom. The first-order valence-corrected chi connectivity index (χ1v) is 10.0. The lowest BCUT2D eigenvalue weighted by Crippen LogP contribution is -2.45. The van der Waals surface area contributed by atoms with Crippen LogP contribution in [0.25, 0.3) is 0 Å². The normalized spacial score (nSPS) is 14.8. The highest BCUT2D eigenvalue weighted by molar-refractivity contribution is 5.48. The molecule has 0 amide bonds. The molecular weight excluding hydrogens is 344 g/mol. The first kappa shape index (κ1) is 18.5. The number of para-hydroxylation sites is 1. The molecule has 4 rings (SSSR count). The van der Waals surface area contributed by atoms with Crippen molar-refractivity contribution in [2.45, 2.75) is 13.1 Å². The van der Waals surface area contributed by atoms with Crippen molar-refractivity contribution in [2.24, 2.45) is 0 Å². The lowest BCUT2D eigenvalue weighted by atomic mass is 10.1. The molecule has 0 aliphatic carbocycles. The molecule has 1 aliphatic rings. The summed E-state index contributed by atoms with van der Waals surface area (Å²) in [4.78, 5) is 5.03. The molecule has 1 fully saturated rings. The molecule has 1 saturated heterocycles. The minimum absolute atomic E-state index is 0.792. The molecule has 0 saturated carbocycles. The van der Waals surface area contributed by atoms with E-state index in [0.29, 0.717) is 0 Å². The Hall–Kier alpha value is -2.82. The van der Waals surface area contributed by atoms with Gasteiger partial charge in [-0.3, -0.25) is 4.90 Å². The van der Waals surface area contributed by atoms with E-state index < -0.39 is 0 Å². The highest BCUT2D eigenvalue weighted by Crippen LogP contribution is 2.18. The molecule has 3 aromatic rings. The Morgan fingerprint density at radius 2 is 1.29 bits per heavy atom. The molecule has 1 aliphatic heterocycles. The van der Waals surface area contributed by atoms with Gasteiger partial charge in [-0.2, -0.15) is 0 Å². The van der Waals surface area contributed by atoms with E-state index in [-0.39, 0.29) is 0 Å². The quantitative estimate of drug-likeness (QED) is 0.611. The van der Waals surface area contributed by atoms with E-state index in [4.69, 9.17) is 0 Å². The average molecular weight is 373 g/mol. The highest BCUT2D eigenvalue weighted by atomic mass is 15.3. The Labute approximate surface area is 167 Å². The first-order valence-electron chi connectivity index (χ1n) is 10.0. The maximum absolute atomic E-state index is 3.28. The monoisotopic (exact) mass is 372 g/mol. The number of hydrazine groups is 1. The van der Waals surface area contributed by atoms with Crippen molar-refractivity contribution in [1.29, 1.82) is 0 Å². The Balaban J connectivity index is 1.23. The topological polar surface area (TPSA) is 30.5 Å². The van der Waals surface area contributed by atoms with Crippen molar-refractivity contribution in [3.05, 3.63) is 96.1 Å². The van der Waals surface area contributed by atoms with Crippen molar-refractivity contribution in [3.63, 3.8) is 0 Å². The van der Waals surface area contributed by atoms with Crippen LogP contribution in [0.2, 0.25) is 0 Å². The summed E-state index contributed by atoms with van der Waals surface area (Å²) >= 11 is 0. The van der Waals surface area contributed by atoms with E-state index in [1.807, 2.05) is 30.3 Å². The predicted molar refractivity (Wildman–Crippen MR) is 117 cm³/mol. The molecule has 0 atom stereocenters. The summed E-state index contributed by atoms with van der Waals surface area (Å²) in [7, 11) is 0. The van der Waals surface area contributed by atoms with Crippen LogP contribution < -0.4 is 15.8 Å². The average Bonchev–Trinajstić information content (AvgIpc) is 2.76. The Kier molecular flexibility index (Phi) is 6.22. The van der Waals surface area contributed by atoms with Gasteiger partial charge in [0.15, 0.2) is 0 Å². The van der Waals surface area contributed by atoms with Gasteiger partial charge < -0.3 is 10.3 Å². The summed E-state index contributed by atoms with van der Waals surface area (Å²) in [6.07, 6.45) is 0. The van der Waals surface area contributed by atoms with E-state index in [1.165, 1.54) is 16.8 Å². The lowest BCUT2D eigenvalue weighted by Gasteiger charge is -2.36. The van der Waals surface area contributed by atoms with Gasteiger partial charge in [-0.05, 0) is 35.4 Å². The number of nitrogens with one attached hydrogen (secondary N) is 2. The molecule has 0 aromatic heterocycles. The molecule has 28 heavy (non-hydrogen) atoms.